The minimum atomic E-state index is -0.459. The Hall–Kier alpha value is -3.15. The molecule has 0 unspecified atom stereocenters. The molecule has 0 N–H and O–H groups in total. The molecule has 6 nitrogen and oxygen atoms in total. The van der Waals surface area contributed by atoms with Gasteiger partial charge in [0.05, 0.1) is 23.7 Å². The van der Waals surface area contributed by atoms with Crippen LogP contribution in [0.2, 0.25) is 0 Å². The number of carbonyl (C=O) groups excluding carboxylic acids is 1. The van der Waals surface area contributed by atoms with Crippen molar-refractivity contribution in [3.63, 3.8) is 0 Å². The SMILES string of the molecule is CCCCc1c(OC(C)=O)c2cccnc2n(-c2ccc(OC)cc2)c1=O. The zero-order chi connectivity index (χ0) is 19.4. The zero-order valence-electron chi connectivity index (χ0n) is 15.7. The van der Waals surface area contributed by atoms with Crippen LogP contribution in [-0.2, 0) is 11.2 Å². The van der Waals surface area contributed by atoms with E-state index in [2.05, 4.69) is 11.9 Å². The number of hydrogen-bond acceptors (Lipinski definition) is 5. The highest BCUT2D eigenvalue weighted by Gasteiger charge is 2.20. The molecule has 0 aliphatic carbocycles. The largest absolute Gasteiger partial charge is 0.497 e. The Morgan fingerprint density at radius 1 is 1.19 bits per heavy atom. The molecule has 3 aromatic rings. The molecule has 0 bridgehead atoms. The molecule has 2 heterocycles. The van der Waals surface area contributed by atoms with Crippen molar-refractivity contribution in [3.05, 3.63) is 58.5 Å². The fourth-order valence-electron chi connectivity index (χ4n) is 3.05. The summed E-state index contributed by atoms with van der Waals surface area (Å²) >= 11 is 0. The molecule has 1 aromatic carbocycles. The highest BCUT2D eigenvalue weighted by molar-refractivity contribution is 5.87. The van der Waals surface area contributed by atoms with Gasteiger partial charge in [0.15, 0.2) is 11.4 Å². The van der Waals surface area contributed by atoms with Crippen LogP contribution < -0.4 is 15.0 Å². The van der Waals surface area contributed by atoms with E-state index in [0.717, 1.165) is 12.8 Å². The van der Waals surface area contributed by atoms with Crippen LogP contribution in [0.5, 0.6) is 11.5 Å². The van der Waals surface area contributed by atoms with Gasteiger partial charge in [-0.05, 0) is 49.2 Å². The molecule has 27 heavy (non-hydrogen) atoms. The molecule has 3 rings (SSSR count). The van der Waals surface area contributed by atoms with Crippen molar-refractivity contribution in [1.29, 1.82) is 0 Å². The first-order valence-electron chi connectivity index (χ1n) is 8.92. The van der Waals surface area contributed by atoms with Gasteiger partial charge < -0.3 is 9.47 Å². The Labute approximate surface area is 157 Å². The summed E-state index contributed by atoms with van der Waals surface area (Å²) in [6, 6.07) is 10.8. The smallest absolute Gasteiger partial charge is 0.308 e. The second-order valence-corrected chi connectivity index (χ2v) is 6.22. The van der Waals surface area contributed by atoms with Crippen LogP contribution in [0.25, 0.3) is 16.7 Å². The molecule has 6 heteroatoms. The van der Waals surface area contributed by atoms with Gasteiger partial charge >= 0.3 is 5.97 Å². The highest BCUT2D eigenvalue weighted by atomic mass is 16.5. The Balaban J connectivity index is 2.34. The molecule has 0 radical (unpaired) electrons. The Kier molecular flexibility index (Phi) is 5.54. The Morgan fingerprint density at radius 3 is 2.56 bits per heavy atom. The van der Waals surface area contributed by atoms with E-state index in [1.165, 1.54) is 6.92 Å². The number of pyridine rings is 2. The molecular weight excluding hydrogens is 344 g/mol. The number of nitrogens with zero attached hydrogens (tertiary/aromatic N) is 2. The lowest BCUT2D eigenvalue weighted by molar-refractivity contribution is -0.131. The van der Waals surface area contributed by atoms with Crippen LogP contribution in [0.4, 0.5) is 0 Å². The Morgan fingerprint density at radius 2 is 1.93 bits per heavy atom. The van der Waals surface area contributed by atoms with E-state index in [0.29, 0.717) is 40.2 Å². The quantitative estimate of drug-likeness (QED) is 0.623. The average molecular weight is 366 g/mol. The number of fused-ring (bicyclic) bond motifs is 1. The summed E-state index contributed by atoms with van der Waals surface area (Å²) in [4.78, 5) is 29.4. The number of hydrogen-bond donors (Lipinski definition) is 0. The van der Waals surface area contributed by atoms with Crippen molar-refractivity contribution in [2.24, 2.45) is 0 Å². The van der Waals surface area contributed by atoms with Gasteiger partial charge in [-0.2, -0.15) is 0 Å². The number of benzene rings is 1. The normalized spacial score (nSPS) is 10.8. The van der Waals surface area contributed by atoms with Crippen LogP contribution >= 0.6 is 0 Å². The van der Waals surface area contributed by atoms with Gasteiger partial charge in [0, 0.05) is 13.1 Å². The third-order valence-electron chi connectivity index (χ3n) is 4.34. The molecular formula is C21H22N2O4. The van der Waals surface area contributed by atoms with E-state index in [1.807, 2.05) is 18.2 Å². The minimum absolute atomic E-state index is 0.226. The monoisotopic (exact) mass is 366 g/mol. The maximum absolute atomic E-state index is 13.3. The molecule has 0 saturated heterocycles. The lowest BCUT2D eigenvalue weighted by atomic mass is 10.1. The highest BCUT2D eigenvalue weighted by Crippen LogP contribution is 2.29. The number of aromatic nitrogens is 2. The van der Waals surface area contributed by atoms with E-state index in [1.54, 1.807) is 36.1 Å². The summed E-state index contributed by atoms with van der Waals surface area (Å²) in [6.45, 7) is 3.39. The van der Waals surface area contributed by atoms with Gasteiger partial charge in [0.25, 0.3) is 5.56 Å². The predicted molar refractivity (Wildman–Crippen MR) is 104 cm³/mol. The standard InChI is InChI=1S/C21H22N2O4/c1-4-5-7-18-19(27-14(2)24)17-8-6-13-22-20(17)23(21(18)25)15-9-11-16(26-3)12-10-15/h6,8-13H,4-5,7H2,1-3H3. The maximum Gasteiger partial charge on any atom is 0.308 e. The molecule has 0 aliphatic rings. The fourth-order valence-corrected chi connectivity index (χ4v) is 3.05. The van der Waals surface area contributed by atoms with Gasteiger partial charge in [-0.1, -0.05) is 13.3 Å². The lowest BCUT2D eigenvalue weighted by Gasteiger charge is -2.16. The number of esters is 1. The number of carbonyl (C=O) groups is 1. The molecule has 0 spiro atoms. The van der Waals surface area contributed by atoms with Gasteiger partial charge in [-0.25, -0.2) is 4.98 Å². The first-order chi connectivity index (χ1) is 13.1. The number of rotatable bonds is 6. The zero-order valence-corrected chi connectivity index (χ0v) is 15.7. The van der Waals surface area contributed by atoms with Crippen LogP contribution in [0.3, 0.4) is 0 Å². The molecule has 0 aliphatic heterocycles. The Bertz CT molecular complexity index is 1020. The van der Waals surface area contributed by atoms with Crippen molar-refractivity contribution in [2.45, 2.75) is 33.1 Å². The molecule has 0 atom stereocenters. The van der Waals surface area contributed by atoms with Crippen molar-refractivity contribution >= 4 is 17.0 Å². The van der Waals surface area contributed by atoms with E-state index in [4.69, 9.17) is 9.47 Å². The topological polar surface area (TPSA) is 70.4 Å². The van der Waals surface area contributed by atoms with E-state index < -0.39 is 5.97 Å². The fraction of sp³-hybridized carbons (Fsp3) is 0.286. The number of ether oxygens (including phenoxy) is 2. The molecule has 140 valence electrons. The molecule has 0 fully saturated rings. The van der Waals surface area contributed by atoms with Crippen molar-refractivity contribution in [3.8, 4) is 17.2 Å². The van der Waals surface area contributed by atoms with Crippen LogP contribution in [0, 0.1) is 0 Å². The third-order valence-corrected chi connectivity index (χ3v) is 4.34. The summed E-state index contributed by atoms with van der Waals surface area (Å²) in [6.07, 6.45) is 3.88. The van der Waals surface area contributed by atoms with Crippen LogP contribution in [-0.4, -0.2) is 22.6 Å². The van der Waals surface area contributed by atoms with Crippen LogP contribution in [0.1, 0.15) is 32.3 Å². The summed E-state index contributed by atoms with van der Waals surface area (Å²) in [5.74, 6) is 0.556. The third kappa shape index (κ3) is 3.69. The average Bonchev–Trinajstić information content (AvgIpc) is 2.68. The first-order valence-corrected chi connectivity index (χ1v) is 8.92. The van der Waals surface area contributed by atoms with E-state index >= 15 is 0 Å². The van der Waals surface area contributed by atoms with Crippen LogP contribution in [0.15, 0.2) is 47.4 Å². The summed E-state index contributed by atoms with van der Waals surface area (Å²) in [5.41, 5.74) is 1.39. The maximum atomic E-state index is 13.3. The number of methoxy groups -OCH3 is 1. The summed E-state index contributed by atoms with van der Waals surface area (Å²) in [5, 5.41) is 0.634. The van der Waals surface area contributed by atoms with E-state index in [-0.39, 0.29) is 5.56 Å². The lowest BCUT2D eigenvalue weighted by Crippen LogP contribution is -2.25. The van der Waals surface area contributed by atoms with Gasteiger partial charge in [-0.15, -0.1) is 0 Å². The molecule has 0 amide bonds. The molecule has 0 saturated carbocycles. The summed E-state index contributed by atoms with van der Waals surface area (Å²) in [7, 11) is 1.59. The minimum Gasteiger partial charge on any atom is -0.497 e. The first kappa shape index (κ1) is 18.6. The van der Waals surface area contributed by atoms with Crippen molar-refractivity contribution in [2.75, 3.05) is 7.11 Å². The van der Waals surface area contributed by atoms with E-state index in [9.17, 15) is 9.59 Å². The second-order valence-electron chi connectivity index (χ2n) is 6.22. The number of unbranched alkanes of at least 4 members (excludes halogenated alkanes) is 1. The van der Waals surface area contributed by atoms with Gasteiger partial charge in [0.1, 0.15) is 5.75 Å². The van der Waals surface area contributed by atoms with Gasteiger partial charge in [0.2, 0.25) is 0 Å². The molecule has 2 aromatic heterocycles. The predicted octanol–water partition coefficient (Wildman–Crippen LogP) is 3.66. The second kappa shape index (κ2) is 8.03. The van der Waals surface area contributed by atoms with Crippen molar-refractivity contribution < 1.29 is 14.3 Å². The van der Waals surface area contributed by atoms with Crippen molar-refractivity contribution in [1.82, 2.24) is 9.55 Å². The van der Waals surface area contributed by atoms with Gasteiger partial charge in [-0.3, -0.25) is 14.2 Å². The summed E-state index contributed by atoms with van der Waals surface area (Å²) < 4.78 is 12.2.